The molecule has 0 bridgehead atoms. The first kappa shape index (κ1) is 17.8. The molecule has 0 aliphatic heterocycles. The molecule has 0 radical (unpaired) electrons. The Morgan fingerprint density at radius 3 is 2.42 bits per heavy atom. The van der Waals surface area contributed by atoms with E-state index in [2.05, 4.69) is 5.32 Å². The number of benzene rings is 2. The van der Waals surface area contributed by atoms with Gasteiger partial charge in [-0.25, -0.2) is 12.8 Å². The van der Waals surface area contributed by atoms with Crippen molar-refractivity contribution in [3.05, 3.63) is 65.0 Å². The van der Waals surface area contributed by atoms with E-state index in [9.17, 15) is 22.4 Å². The molecule has 0 heterocycles. The highest BCUT2D eigenvalue weighted by Gasteiger charge is 2.12. The summed E-state index contributed by atoms with van der Waals surface area (Å²) in [4.78, 5) is 23.0. The third-order valence-corrected chi connectivity index (χ3v) is 5.25. The van der Waals surface area contributed by atoms with Crippen molar-refractivity contribution in [1.82, 2.24) is 5.32 Å². The Balaban J connectivity index is 2.05. The number of amides is 1. The van der Waals surface area contributed by atoms with Crippen LogP contribution in [0.25, 0.3) is 0 Å². The van der Waals surface area contributed by atoms with E-state index < -0.39 is 21.6 Å². The molecule has 5 nitrogen and oxygen atoms in total. The van der Waals surface area contributed by atoms with Crippen LogP contribution in [0.5, 0.6) is 0 Å². The van der Waals surface area contributed by atoms with E-state index in [1.165, 1.54) is 24.3 Å². The summed E-state index contributed by atoms with van der Waals surface area (Å²) in [5, 5.41) is 2.63. The lowest BCUT2D eigenvalue weighted by Gasteiger charge is -2.07. The molecule has 0 aliphatic rings. The minimum absolute atomic E-state index is 0.0206. The van der Waals surface area contributed by atoms with Gasteiger partial charge in [-0.15, -0.1) is 0 Å². The van der Waals surface area contributed by atoms with Crippen LogP contribution in [-0.2, 0) is 16.4 Å². The molecule has 126 valence electrons. The van der Waals surface area contributed by atoms with Gasteiger partial charge in [-0.2, -0.15) is 0 Å². The fourth-order valence-electron chi connectivity index (χ4n) is 2.04. The van der Waals surface area contributed by atoms with Crippen LogP contribution < -0.4 is 5.32 Å². The van der Waals surface area contributed by atoms with E-state index >= 15 is 0 Å². The average Bonchev–Trinajstić information content (AvgIpc) is 2.60. The number of nitrogens with one attached hydrogen (secondary N) is 1. The van der Waals surface area contributed by atoms with E-state index in [1.807, 2.05) is 0 Å². The van der Waals surface area contributed by atoms with Crippen LogP contribution >= 0.6 is 0 Å². The molecule has 0 aromatic heterocycles. The van der Waals surface area contributed by atoms with Gasteiger partial charge >= 0.3 is 0 Å². The first-order chi connectivity index (χ1) is 11.4. The van der Waals surface area contributed by atoms with E-state index in [0.717, 1.165) is 11.6 Å². The number of hydrogen-bond donors (Lipinski definition) is 1. The van der Waals surface area contributed by atoms with Crippen LogP contribution in [0, 0.1) is 5.82 Å². The smallest absolute Gasteiger partial charge is 0.251 e. The molecule has 0 aliphatic carbocycles. The summed E-state index contributed by atoms with van der Waals surface area (Å²) < 4.78 is 36.7. The summed E-state index contributed by atoms with van der Waals surface area (Å²) in [6, 6.07) is 9.73. The van der Waals surface area contributed by atoms with E-state index in [-0.39, 0.29) is 28.3 Å². The molecule has 24 heavy (non-hydrogen) atoms. The summed E-state index contributed by atoms with van der Waals surface area (Å²) in [6.07, 6.45) is 0.346. The highest BCUT2D eigenvalue weighted by Crippen LogP contribution is 2.13. The van der Waals surface area contributed by atoms with Crippen molar-refractivity contribution in [3.63, 3.8) is 0 Å². The highest BCUT2D eigenvalue weighted by molar-refractivity contribution is 7.91. The molecule has 2 rings (SSSR count). The van der Waals surface area contributed by atoms with Crippen molar-refractivity contribution in [3.8, 4) is 0 Å². The van der Waals surface area contributed by atoms with Gasteiger partial charge < -0.3 is 5.32 Å². The van der Waals surface area contributed by atoms with Gasteiger partial charge in [0, 0.05) is 12.1 Å². The Kier molecular flexibility index (Phi) is 5.46. The minimum Gasteiger partial charge on any atom is -0.348 e. The number of halogens is 1. The number of rotatable bonds is 6. The van der Waals surface area contributed by atoms with Gasteiger partial charge in [0.1, 0.15) is 5.82 Å². The van der Waals surface area contributed by atoms with Crippen molar-refractivity contribution >= 4 is 22.0 Å². The molecule has 0 atom stereocenters. The molecule has 2 aromatic carbocycles. The monoisotopic (exact) mass is 349 g/mol. The molecule has 1 amide bonds. The number of carbonyl (C=O) groups excluding carboxylic acids is 2. The van der Waals surface area contributed by atoms with Crippen LogP contribution in [0.15, 0.2) is 47.4 Å². The molecule has 0 saturated carbocycles. The van der Waals surface area contributed by atoms with Crippen molar-refractivity contribution in [2.24, 2.45) is 0 Å². The fourth-order valence-corrected chi connectivity index (χ4v) is 2.93. The SMILES string of the molecule is CCS(=O)(=O)c1ccc(CNC(=O)c2ccc(F)c(C=O)c2)cc1. The molecule has 0 saturated heterocycles. The van der Waals surface area contributed by atoms with Gasteiger partial charge in [-0.3, -0.25) is 9.59 Å². The Morgan fingerprint density at radius 2 is 1.83 bits per heavy atom. The zero-order valence-electron chi connectivity index (χ0n) is 13.0. The van der Waals surface area contributed by atoms with Crippen molar-refractivity contribution in [2.45, 2.75) is 18.4 Å². The van der Waals surface area contributed by atoms with E-state index in [0.29, 0.717) is 6.29 Å². The normalized spacial score (nSPS) is 11.1. The maximum Gasteiger partial charge on any atom is 0.251 e. The van der Waals surface area contributed by atoms with Crippen molar-refractivity contribution in [2.75, 3.05) is 5.75 Å². The first-order valence-corrected chi connectivity index (χ1v) is 8.87. The van der Waals surface area contributed by atoms with Gasteiger partial charge in [-0.05, 0) is 35.9 Å². The molecule has 0 spiro atoms. The lowest BCUT2D eigenvalue weighted by atomic mass is 10.1. The van der Waals surface area contributed by atoms with Crippen molar-refractivity contribution in [1.29, 1.82) is 0 Å². The van der Waals surface area contributed by atoms with Crippen molar-refractivity contribution < 1.29 is 22.4 Å². The second-order valence-electron chi connectivity index (χ2n) is 5.08. The van der Waals surface area contributed by atoms with E-state index in [4.69, 9.17) is 0 Å². The largest absolute Gasteiger partial charge is 0.348 e. The first-order valence-electron chi connectivity index (χ1n) is 7.22. The van der Waals surface area contributed by atoms with Gasteiger partial charge in [0.25, 0.3) is 5.91 Å². The Hall–Kier alpha value is -2.54. The van der Waals surface area contributed by atoms with Gasteiger partial charge in [0.2, 0.25) is 0 Å². The van der Waals surface area contributed by atoms with Gasteiger partial charge in [0.05, 0.1) is 16.2 Å². The molecule has 2 aromatic rings. The molecule has 0 fully saturated rings. The summed E-state index contributed by atoms with van der Waals surface area (Å²) in [6.45, 7) is 1.75. The minimum atomic E-state index is -3.26. The molecule has 0 unspecified atom stereocenters. The average molecular weight is 349 g/mol. The van der Waals surface area contributed by atoms with Gasteiger partial charge in [-0.1, -0.05) is 19.1 Å². The van der Waals surface area contributed by atoms with E-state index in [1.54, 1.807) is 19.1 Å². The summed E-state index contributed by atoms with van der Waals surface area (Å²) in [7, 11) is -3.26. The zero-order chi connectivity index (χ0) is 17.7. The molecular formula is C17H16FNO4S. The third-order valence-electron chi connectivity index (χ3n) is 3.50. The quantitative estimate of drug-likeness (QED) is 0.812. The molecule has 1 N–H and O–H groups in total. The van der Waals surface area contributed by atoms with Crippen LogP contribution in [-0.4, -0.2) is 26.4 Å². The number of hydrogen-bond acceptors (Lipinski definition) is 4. The lowest BCUT2D eigenvalue weighted by molar-refractivity contribution is 0.0951. The third kappa shape index (κ3) is 4.05. The zero-order valence-corrected chi connectivity index (χ0v) is 13.8. The summed E-state index contributed by atoms with van der Waals surface area (Å²) in [5.41, 5.74) is 0.705. The second kappa shape index (κ2) is 7.35. The number of aldehydes is 1. The van der Waals surface area contributed by atoms with Crippen LogP contribution in [0.1, 0.15) is 33.2 Å². The summed E-state index contributed by atoms with van der Waals surface area (Å²) in [5.74, 6) is -1.12. The number of sulfone groups is 1. The lowest BCUT2D eigenvalue weighted by Crippen LogP contribution is -2.23. The Morgan fingerprint density at radius 1 is 1.17 bits per heavy atom. The van der Waals surface area contributed by atoms with Crippen LogP contribution in [0.4, 0.5) is 4.39 Å². The second-order valence-corrected chi connectivity index (χ2v) is 7.36. The fraction of sp³-hybridized carbons (Fsp3) is 0.176. The summed E-state index contributed by atoms with van der Waals surface area (Å²) >= 11 is 0. The highest BCUT2D eigenvalue weighted by atomic mass is 32.2. The predicted octanol–water partition coefficient (Wildman–Crippen LogP) is 2.36. The Bertz CT molecular complexity index is 861. The van der Waals surface area contributed by atoms with Crippen LogP contribution in [0.2, 0.25) is 0 Å². The molecule has 7 heteroatoms. The molecular weight excluding hydrogens is 333 g/mol. The number of carbonyl (C=O) groups is 2. The maximum atomic E-state index is 13.2. The van der Waals surface area contributed by atoms with Crippen LogP contribution in [0.3, 0.4) is 0 Å². The Labute approximate surface area is 139 Å². The topological polar surface area (TPSA) is 80.3 Å². The maximum absolute atomic E-state index is 13.2. The van der Waals surface area contributed by atoms with Gasteiger partial charge in [0.15, 0.2) is 16.1 Å². The standard InChI is InChI=1S/C17H16FNO4S/c1-2-24(22,23)15-6-3-12(4-7-15)10-19-17(21)13-5-8-16(18)14(9-13)11-20/h3-9,11H,2,10H2,1H3,(H,19,21). The predicted molar refractivity (Wildman–Crippen MR) is 87.1 cm³/mol.